The van der Waals surface area contributed by atoms with Crippen molar-refractivity contribution in [2.45, 2.75) is 24.2 Å². The van der Waals surface area contributed by atoms with E-state index in [1.165, 1.54) is 6.42 Å². The lowest BCUT2D eigenvalue weighted by molar-refractivity contribution is -0.384. The molecule has 1 heterocycles. The predicted octanol–water partition coefficient (Wildman–Crippen LogP) is 3.02. The van der Waals surface area contributed by atoms with Crippen LogP contribution in [0.1, 0.15) is 18.4 Å². The van der Waals surface area contributed by atoms with Crippen molar-refractivity contribution in [3.63, 3.8) is 0 Å². The van der Waals surface area contributed by atoms with Crippen molar-refractivity contribution >= 4 is 27.3 Å². The zero-order valence-electron chi connectivity index (χ0n) is 11.9. The summed E-state index contributed by atoms with van der Waals surface area (Å²) < 4.78 is 0. The predicted molar refractivity (Wildman–Crippen MR) is 84.6 cm³/mol. The van der Waals surface area contributed by atoms with Crippen molar-refractivity contribution < 1.29 is 4.92 Å². The normalized spacial score (nSPS) is 19.2. The minimum Gasteiger partial charge on any atom is -0.367 e. The van der Waals surface area contributed by atoms with Crippen molar-refractivity contribution in [1.82, 2.24) is 4.90 Å². The second-order valence-electron chi connectivity index (χ2n) is 5.37. The molecule has 0 amide bonds. The summed E-state index contributed by atoms with van der Waals surface area (Å²) in [5, 5.41) is 11.9. The Morgan fingerprint density at radius 2 is 2.30 bits per heavy atom. The lowest BCUT2D eigenvalue weighted by Crippen LogP contribution is -2.36. The van der Waals surface area contributed by atoms with Crippen LogP contribution in [0.15, 0.2) is 18.2 Å². The second kappa shape index (κ2) is 6.54. The largest absolute Gasteiger partial charge is 0.367 e. The van der Waals surface area contributed by atoms with Gasteiger partial charge in [0.1, 0.15) is 5.69 Å². The molecule has 0 saturated carbocycles. The van der Waals surface area contributed by atoms with Crippen LogP contribution >= 0.6 is 15.9 Å². The zero-order chi connectivity index (χ0) is 14.7. The summed E-state index contributed by atoms with van der Waals surface area (Å²) in [6.07, 6.45) is 2.37. The molecule has 0 bridgehead atoms. The van der Waals surface area contributed by atoms with Crippen LogP contribution in [0, 0.1) is 10.1 Å². The van der Waals surface area contributed by atoms with Crippen LogP contribution < -0.4 is 4.90 Å². The molecule has 20 heavy (non-hydrogen) atoms. The van der Waals surface area contributed by atoms with Crippen LogP contribution in [0.4, 0.5) is 11.4 Å². The van der Waals surface area contributed by atoms with Gasteiger partial charge in [0, 0.05) is 31.0 Å². The smallest absolute Gasteiger partial charge is 0.292 e. The Labute approximate surface area is 127 Å². The summed E-state index contributed by atoms with van der Waals surface area (Å²) >= 11 is 3.34. The van der Waals surface area contributed by atoms with E-state index in [2.05, 4.69) is 27.9 Å². The summed E-state index contributed by atoms with van der Waals surface area (Å²) in [5.41, 5.74) is 1.80. The molecule has 1 aliphatic rings. The maximum Gasteiger partial charge on any atom is 0.292 e. The third-order valence-electron chi connectivity index (χ3n) is 3.96. The van der Waals surface area contributed by atoms with E-state index >= 15 is 0 Å². The number of anilines is 1. The fourth-order valence-corrected chi connectivity index (χ4v) is 3.09. The molecule has 1 aromatic carbocycles. The number of nitro groups is 1. The first kappa shape index (κ1) is 15.3. The molecule has 0 radical (unpaired) electrons. The Morgan fingerprint density at radius 1 is 1.55 bits per heavy atom. The molecule has 1 atom stereocenters. The van der Waals surface area contributed by atoms with E-state index in [0.717, 1.165) is 25.1 Å². The third-order valence-corrected chi connectivity index (χ3v) is 4.61. The average molecular weight is 342 g/mol. The van der Waals surface area contributed by atoms with Crippen LogP contribution in [-0.4, -0.2) is 43.0 Å². The van der Waals surface area contributed by atoms with Gasteiger partial charge in [0.25, 0.3) is 5.69 Å². The van der Waals surface area contributed by atoms with Gasteiger partial charge in [-0.2, -0.15) is 0 Å². The molecular formula is C14H20BrN3O2. The lowest BCUT2D eigenvalue weighted by Gasteiger charge is -2.27. The Hall–Kier alpha value is -1.14. The molecule has 0 N–H and O–H groups in total. The minimum absolute atomic E-state index is 0.185. The summed E-state index contributed by atoms with van der Waals surface area (Å²) in [5.74, 6) is 0. The fourth-order valence-electron chi connectivity index (χ4n) is 2.75. The van der Waals surface area contributed by atoms with Gasteiger partial charge in [0.2, 0.25) is 0 Å². The lowest BCUT2D eigenvalue weighted by atomic mass is 10.1. The first-order chi connectivity index (χ1) is 9.52. The van der Waals surface area contributed by atoms with E-state index in [9.17, 15) is 10.1 Å². The van der Waals surface area contributed by atoms with Gasteiger partial charge in [-0.05, 0) is 38.1 Å². The highest BCUT2D eigenvalue weighted by molar-refractivity contribution is 9.08. The summed E-state index contributed by atoms with van der Waals surface area (Å²) in [6.45, 7) is 1.94. The zero-order valence-corrected chi connectivity index (χ0v) is 13.5. The van der Waals surface area contributed by atoms with Gasteiger partial charge in [0.05, 0.1) is 4.92 Å². The van der Waals surface area contributed by atoms with Crippen LogP contribution in [-0.2, 0) is 5.33 Å². The highest BCUT2D eigenvalue weighted by atomic mass is 79.9. The van der Waals surface area contributed by atoms with Crippen molar-refractivity contribution in [2.24, 2.45) is 0 Å². The Morgan fingerprint density at radius 3 is 2.85 bits per heavy atom. The molecule has 1 unspecified atom stereocenters. The third kappa shape index (κ3) is 3.30. The number of alkyl halides is 1. The topological polar surface area (TPSA) is 49.6 Å². The summed E-state index contributed by atoms with van der Waals surface area (Å²) in [6, 6.07) is 5.92. The van der Waals surface area contributed by atoms with E-state index in [1.54, 1.807) is 6.07 Å². The van der Waals surface area contributed by atoms with Gasteiger partial charge in [-0.3, -0.25) is 10.1 Å². The number of nitrogens with zero attached hydrogens (tertiary/aromatic N) is 3. The van der Waals surface area contributed by atoms with Crippen LogP contribution in [0.5, 0.6) is 0 Å². The number of likely N-dealkylation sites (N-methyl/N-ethyl adjacent to an activating group) is 2. The molecule has 5 nitrogen and oxygen atoms in total. The standard InChI is InChI=1S/C14H20BrN3O2/c1-16-7-3-4-12(16)10-17(2)13-6-5-11(9-15)8-14(13)18(19)20/h5-6,8,12H,3-4,7,9-10H2,1-2H3. The molecule has 1 saturated heterocycles. The Bertz CT molecular complexity index is 495. The SMILES string of the molecule is CN(CC1CCCN1C)c1ccc(CBr)cc1[N+](=O)[O-]. The van der Waals surface area contributed by atoms with E-state index in [1.807, 2.05) is 24.1 Å². The minimum atomic E-state index is -0.295. The van der Waals surface area contributed by atoms with E-state index < -0.39 is 0 Å². The monoisotopic (exact) mass is 341 g/mol. The maximum absolute atomic E-state index is 11.2. The maximum atomic E-state index is 11.2. The van der Waals surface area contributed by atoms with Gasteiger partial charge in [-0.25, -0.2) is 0 Å². The van der Waals surface area contributed by atoms with Gasteiger partial charge in [-0.15, -0.1) is 0 Å². The number of halogens is 1. The van der Waals surface area contributed by atoms with Crippen molar-refractivity contribution in [2.75, 3.05) is 32.1 Å². The molecule has 2 rings (SSSR count). The fraction of sp³-hybridized carbons (Fsp3) is 0.571. The molecule has 1 fully saturated rings. The number of hydrogen-bond acceptors (Lipinski definition) is 4. The Balaban J connectivity index is 2.20. The van der Waals surface area contributed by atoms with Crippen LogP contribution in [0.3, 0.4) is 0 Å². The first-order valence-corrected chi connectivity index (χ1v) is 7.89. The van der Waals surface area contributed by atoms with Gasteiger partial charge < -0.3 is 9.80 Å². The van der Waals surface area contributed by atoms with E-state index in [4.69, 9.17) is 0 Å². The van der Waals surface area contributed by atoms with Gasteiger partial charge in [0.15, 0.2) is 0 Å². The van der Waals surface area contributed by atoms with Crippen molar-refractivity contribution in [3.8, 4) is 0 Å². The molecule has 0 aromatic heterocycles. The molecule has 1 aliphatic heterocycles. The van der Waals surface area contributed by atoms with Crippen molar-refractivity contribution in [3.05, 3.63) is 33.9 Å². The first-order valence-electron chi connectivity index (χ1n) is 6.77. The molecule has 0 spiro atoms. The molecular weight excluding hydrogens is 322 g/mol. The second-order valence-corrected chi connectivity index (χ2v) is 5.93. The molecule has 1 aromatic rings. The summed E-state index contributed by atoms with van der Waals surface area (Å²) in [7, 11) is 4.05. The molecule has 0 aliphatic carbocycles. The number of benzene rings is 1. The molecule has 6 heteroatoms. The van der Waals surface area contributed by atoms with Crippen molar-refractivity contribution in [1.29, 1.82) is 0 Å². The number of hydrogen-bond donors (Lipinski definition) is 0. The summed E-state index contributed by atoms with van der Waals surface area (Å²) in [4.78, 5) is 15.3. The number of nitro benzene ring substituents is 1. The highest BCUT2D eigenvalue weighted by Gasteiger charge is 2.25. The van der Waals surface area contributed by atoms with Gasteiger partial charge >= 0.3 is 0 Å². The molecule has 110 valence electrons. The Kier molecular flexibility index (Phi) is 4.99. The quantitative estimate of drug-likeness (QED) is 0.469. The van der Waals surface area contributed by atoms with Gasteiger partial charge in [-0.1, -0.05) is 22.0 Å². The average Bonchev–Trinajstić information content (AvgIpc) is 2.83. The highest BCUT2D eigenvalue weighted by Crippen LogP contribution is 2.30. The van der Waals surface area contributed by atoms with E-state index in [-0.39, 0.29) is 10.6 Å². The number of rotatable bonds is 5. The number of likely N-dealkylation sites (tertiary alicyclic amines) is 1. The van der Waals surface area contributed by atoms with Crippen LogP contribution in [0.2, 0.25) is 0 Å². The van der Waals surface area contributed by atoms with Crippen LogP contribution in [0.25, 0.3) is 0 Å². The van der Waals surface area contributed by atoms with E-state index in [0.29, 0.717) is 17.1 Å².